The minimum Gasteiger partial charge on any atom is -0.508 e. The van der Waals surface area contributed by atoms with Crippen LogP contribution in [0.25, 0.3) is 11.1 Å². The molecular formula is C38H44N4O4. The molecule has 4 N–H and O–H groups in total. The zero-order valence-corrected chi connectivity index (χ0v) is 26.3. The van der Waals surface area contributed by atoms with Gasteiger partial charge in [-0.15, -0.1) is 0 Å². The standard InChI is InChI=1S/C38H44N4O4/c43-33-17-15-31(16-18-33)27-40-26-30-12-10-29(11-13-30)14-19-34(44)28-39-22-25-42-23-20-35(21-24-42)46-38(45)41-37-9-5-4-8-36(37)32-6-2-1-3-7-32/h1-13,15-18,35,39-40,43H,14,19-28H2,(H,41,45). The number of hydrogen-bond donors (Lipinski definition) is 4. The lowest BCUT2D eigenvalue weighted by Crippen LogP contribution is -2.42. The van der Waals surface area contributed by atoms with Crippen LogP contribution in [0.15, 0.2) is 103 Å². The van der Waals surface area contributed by atoms with Crippen molar-refractivity contribution in [1.82, 2.24) is 15.5 Å². The van der Waals surface area contributed by atoms with Crippen LogP contribution in [-0.4, -0.2) is 60.7 Å². The van der Waals surface area contributed by atoms with Gasteiger partial charge in [-0.2, -0.15) is 0 Å². The van der Waals surface area contributed by atoms with Gasteiger partial charge in [0.15, 0.2) is 0 Å². The number of nitrogens with one attached hydrogen (secondary N) is 3. The molecule has 4 aromatic carbocycles. The monoisotopic (exact) mass is 620 g/mol. The predicted octanol–water partition coefficient (Wildman–Crippen LogP) is 6.15. The van der Waals surface area contributed by atoms with E-state index in [4.69, 9.17) is 4.74 Å². The lowest BCUT2D eigenvalue weighted by atomic mass is 10.0. The average Bonchev–Trinajstić information content (AvgIpc) is 3.08. The molecule has 0 unspecified atom stereocenters. The first-order valence-electron chi connectivity index (χ1n) is 16.1. The number of anilines is 1. The number of phenols is 1. The summed E-state index contributed by atoms with van der Waals surface area (Å²) in [5.41, 5.74) is 6.22. The van der Waals surface area contributed by atoms with E-state index < -0.39 is 6.09 Å². The third-order valence-corrected chi connectivity index (χ3v) is 8.29. The molecule has 240 valence electrons. The van der Waals surface area contributed by atoms with Crippen LogP contribution in [0.2, 0.25) is 0 Å². The van der Waals surface area contributed by atoms with Crippen molar-refractivity contribution < 1.29 is 19.4 Å². The van der Waals surface area contributed by atoms with Crippen LogP contribution in [0.5, 0.6) is 5.75 Å². The van der Waals surface area contributed by atoms with Crippen molar-refractivity contribution in [2.24, 2.45) is 0 Å². The maximum absolute atomic E-state index is 12.7. The molecule has 0 bridgehead atoms. The Balaban J connectivity index is 0.914. The van der Waals surface area contributed by atoms with Gasteiger partial charge in [0, 0.05) is 51.3 Å². The van der Waals surface area contributed by atoms with Gasteiger partial charge in [0.2, 0.25) is 0 Å². The van der Waals surface area contributed by atoms with Crippen molar-refractivity contribution in [3.63, 3.8) is 0 Å². The van der Waals surface area contributed by atoms with E-state index in [-0.39, 0.29) is 17.6 Å². The van der Waals surface area contributed by atoms with E-state index in [1.807, 2.05) is 66.7 Å². The second kappa shape index (κ2) is 17.3. The van der Waals surface area contributed by atoms with Crippen LogP contribution in [0, 0.1) is 0 Å². The molecule has 0 aliphatic carbocycles. The van der Waals surface area contributed by atoms with Gasteiger partial charge < -0.3 is 25.4 Å². The maximum atomic E-state index is 12.7. The third kappa shape index (κ3) is 10.5. The van der Waals surface area contributed by atoms with Crippen LogP contribution in [-0.2, 0) is 29.0 Å². The number of piperidine rings is 1. The van der Waals surface area contributed by atoms with Crippen LogP contribution in [0.3, 0.4) is 0 Å². The zero-order chi connectivity index (χ0) is 32.0. The first-order chi connectivity index (χ1) is 22.5. The number of benzene rings is 4. The first kappa shape index (κ1) is 32.9. The van der Waals surface area contributed by atoms with Crippen molar-refractivity contribution in [2.45, 2.75) is 44.9 Å². The predicted molar refractivity (Wildman–Crippen MR) is 183 cm³/mol. The van der Waals surface area contributed by atoms with E-state index >= 15 is 0 Å². The SMILES string of the molecule is O=C(CCc1ccc(CNCc2ccc(O)cc2)cc1)CNCCN1CCC(OC(=O)Nc2ccccc2-c2ccccc2)CC1. The first-order valence-corrected chi connectivity index (χ1v) is 16.1. The highest BCUT2D eigenvalue weighted by atomic mass is 16.6. The lowest BCUT2D eigenvalue weighted by Gasteiger charge is -2.31. The summed E-state index contributed by atoms with van der Waals surface area (Å²) in [6, 6.07) is 33.3. The fraction of sp³-hybridized carbons (Fsp3) is 0.316. The Kier molecular flexibility index (Phi) is 12.3. The third-order valence-electron chi connectivity index (χ3n) is 8.29. The number of ketones is 1. The van der Waals surface area contributed by atoms with E-state index in [1.54, 1.807) is 12.1 Å². The normalized spacial score (nSPS) is 13.7. The number of ether oxygens (including phenoxy) is 1. The summed E-state index contributed by atoms with van der Waals surface area (Å²) in [5, 5.41) is 19.0. The molecule has 0 aromatic heterocycles. The number of nitrogens with zero attached hydrogens (tertiary/aromatic N) is 1. The minimum atomic E-state index is -0.420. The molecule has 1 amide bonds. The van der Waals surface area contributed by atoms with Gasteiger partial charge in [-0.1, -0.05) is 84.9 Å². The Morgan fingerprint density at radius 2 is 1.39 bits per heavy atom. The highest BCUT2D eigenvalue weighted by molar-refractivity contribution is 5.91. The number of hydrogen-bond acceptors (Lipinski definition) is 7. The summed E-state index contributed by atoms with van der Waals surface area (Å²) in [5.74, 6) is 0.491. The van der Waals surface area contributed by atoms with E-state index in [9.17, 15) is 14.7 Å². The molecule has 1 heterocycles. The summed E-state index contributed by atoms with van der Waals surface area (Å²) in [6.07, 6.45) is 2.31. The molecule has 1 fully saturated rings. The molecular weight excluding hydrogens is 576 g/mol. The molecule has 5 rings (SSSR count). The number of aromatic hydroxyl groups is 1. The molecule has 0 radical (unpaired) electrons. The van der Waals surface area contributed by atoms with Crippen molar-refractivity contribution in [3.8, 4) is 16.9 Å². The summed E-state index contributed by atoms with van der Waals surface area (Å²) >= 11 is 0. The van der Waals surface area contributed by atoms with Gasteiger partial charge in [-0.25, -0.2) is 4.79 Å². The molecule has 1 saturated heterocycles. The number of para-hydroxylation sites is 1. The minimum absolute atomic E-state index is 0.106. The van der Waals surface area contributed by atoms with E-state index in [0.29, 0.717) is 13.0 Å². The van der Waals surface area contributed by atoms with Gasteiger partial charge >= 0.3 is 6.09 Å². The van der Waals surface area contributed by atoms with Crippen LogP contribution in [0.1, 0.15) is 36.0 Å². The summed E-state index contributed by atoms with van der Waals surface area (Å²) in [7, 11) is 0. The molecule has 0 saturated carbocycles. The number of rotatable bonds is 15. The van der Waals surface area contributed by atoms with Crippen LogP contribution < -0.4 is 16.0 Å². The van der Waals surface area contributed by atoms with Gasteiger partial charge in [0.1, 0.15) is 17.6 Å². The van der Waals surface area contributed by atoms with Gasteiger partial charge in [0.25, 0.3) is 0 Å². The second-order valence-electron chi connectivity index (χ2n) is 11.8. The molecule has 0 spiro atoms. The lowest BCUT2D eigenvalue weighted by molar-refractivity contribution is -0.118. The zero-order valence-electron chi connectivity index (χ0n) is 26.3. The maximum Gasteiger partial charge on any atom is 0.411 e. The number of Topliss-reactive ketones (excluding diaryl/α,β-unsaturated/α-hetero) is 1. The number of likely N-dealkylation sites (tertiary alicyclic amines) is 1. The smallest absolute Gasteiger partial charge is 0.411 e. The highest BCUT2D eigenvalue weighted by Crippen LogP contribution is 2.28. The summed E-state index contributed by atoms with van der Waals surface area (Å²) in [6.45, 7) is 5.20. The van der Waals surface area contributed by atoms with Gasteiger partial charge in [0.05, 0.1) is 12.2 Å². The van der Waals surface area contributed by atoms with E-state index in [1.165, 1.54) is 5.56 Å². The largest absolute Gasteiger partial charge is 0.508 e. The van der Waals surface area contributed by atoms with E-state index in [0.717, 1.165) is 86.5 Å². The molecule has 4 aromatic rings. The molecule has 1 aliphatic heterocycles. The van der Waals surface area contributed by atoms with Crippen molar-refractivity contribution in [1.29, 1.82) is 0 Å². The molecule has 8 heteroatoms. The van der Waals surface area contributed by atoms with Crippen LogP contribution >= 0.6 is 0 Å². The topological polar surface area (TPSA) is 103 Å². The molecule has 1 aliphatic rings. The average molecular weight is 621 g/mol. The quantitative estimate of drug-likeness (QED) is 0.118. The highest BCUT2D eigenvalue weighted by Gasteiger charge is 2.22. The Bertz CT molecular complexity index is 1520. The molecule has 46 heavy (non-hydrogen) atoms. The Morgan fingerprint density at radius 1 is 0.761 bits per heavy atom. The summed E-state index contributed by atoms with van der Waals surface area (Å²) in [4.78, 5) is 27.5. The molecule has 8 nitrogen and oxygen atoms in total. The molecule has 0 atom stereocenters. The number of carbonyl (C=O) groups excluding carboxylic acids is 2. The Labute approximate surface area is 271 Å². The van der Waals surface area contributed by atoms with Crippen molar-refractivity contribution >= 4 is 17.6 Å². The number of amides is 1. The van der Waals surface area contributed by atoms with E-state index in [2.05, 4.69) is 45.1 Å². The number of carbonyl (C=O) groups is 2. The fourth-order valence-electron chi connectivity index (χ4n) is 5.63. The number of aryl methyl sites for hydroxylation is 1. The fourth-order valence-corrected chi connectivity index (χ4v) is 5.63. The Morgan fingerprint density at radius 3 is 2.11 bits per heavy atom. The van der Waals surface area contributed by atoms with Crippen molar-refractivity contribution in [3.05, 3.63) is 120 Å². The Hall–Kier alpha value is -4.50. The summed E-state index contributed by atoms with van der Waals surface area (Å²) < 4.78 is 5.75. The van der Waals surface area contributed by atoms with Crippen molar-refractivity contribution in [2.75, 3.05) is 38.0 Å². The van der Waals surface area contributed by atoms with Gasteiger partial charge in [-0.05, 0) is 59.7 Å². The van der Waals surface area contributed by atoms with Gasteiger partial charge in [-0.3, -0.25) is 10.1 Å². The number of phenolic OH excluding ortho intramolecular Hbond substituents is 1. The second-order valence-corrected chi connectivity index (χ2v) is 11.8. The van der Waals surface area contributed by atoms with Crippen LogP contribution in [0.4, 0.5) is 10.5 Å².